The monoisotopic (exact) mass is 286 g/mol. The van der Waals surface area contributed by atoms with Crippen LogP contribution in [0.4, 0.5) is 0 Å². The van der Waals surface area contributed by atoms with Crippen LogP contribution >= 0.6 is 0 Å². The van der Waals surface area contributed by atoms with Gasteiger partial charge in [-0.2, -0.15) is 0 Å². The minimum atomic E-state index is -0.534. The van der Waals surface area contributed by atoms with E-state index in [1.807, 2.05) is 13.8 Å². The zero-order chi connectivity index (χ0) is 14.6. The summed E-state index contributed by atoms with van der Waals surface area (Å²) >= 11 is 0. The van der Waals surface area contributed by atoms with Crippen molar-refractivity contribution in [3.05, 3.63) is 0 Å². The summed E-state index contributed by atoms with van der Waals surface area (Å²) in [4.78, 5) is 41.0. The maximum Gasteiger partial charge on any atom is 2.00 e. The Labute approximate surface area is 132 Å². The summed E-state index contributed by atoms with van der Waals surface area (Å²) in [5.74, 6) is -1.95. The van der Waals surface area contributed by atoms with Crippen molar-refractivity contribution in [2.45, 2.75) is 53.4 Å². The van der Waals surface area contributed by atoms with Gasteiger partial charge in [0.25, 0.3) is 0 Å². The number of hydrogen-bond acceptors (Lipinski definition) is 6. The fourth-order valence-corrected chi connectivity index (χ4v) is 0.831. The molecule has 0 heterocycles. The molecule has 0 saturated carbocycles. The van der Waals surface area contributed by atoms with Gasteiger partial charge in [0.05, 0.1) is 0 Å². The van der Waals surface area contributed by atoms with E-state index in [4.69, 9.17) is 0 Å². The maximum atomic E-state index is 10.4. The molecule has 0 aromatic rings. The summed E-state index contributed by atoms with van der Waals surface area (Å²) in [6, 6.07) is 0. The van der Waals surface area contributed by atoms with Gasteiger partial charge in [0.1, 0.15) is 0 Å². The number of ether oxygens (including phenoxy) is 2. The molecule has 0 fully saturated rings. The molecule has 0 aromatic carbocycles. The van der Waals surface area contributed by atoms with Crippen LogP contribution in [-0.2, 0) is 28.7 Å². The number of esters is 4. The zero-order valence-electron chi connectivity index (χ0n) is 14.0. The van der Waals surface area contributed by atoms with E-state index in [-0.39, 0.29) is 25.9 Å². The second-order valence-electron chi connectivity index (χ2n) is 3.43. The van der Waals surface area contributed by atoms with Gasteiger partial charge in [-0.05, 0) is 12.8 Å². The molecule has 7 heteroatoms. The first-order valence-corrected chi connectivity index (χ1v) is 5.75. The molecule has 0 aliphatic rings. The molecule has 0 N–H and O–H groups in total. The third-order valence-corrected chi connectivity index (χ3v) is 1.42. The van der Waals surface area contributed by atoms with Gasteiger partial charge in [-0.25, -0.2) is 0 Å². The standard InChI is InChI=1S/2C6H10O3.Mg.2H/c2*1-3-4-6(8)9-5(2)7;;;/h2*3-4H2,1-2H3;;;/q;;+2;2*-1. The molecule has 0 amide bonds. The molecule has 0 aliphatic heterocycles. The Hall–Kier alpha value is -0.954. The van der Waals surface area contributed by atoms with Crippen LogP contribution in [0.15, 0.2) is 0 Å². The second kappa shape index (κ2) is 15.1. The third kappa shape index (κ3) is 22.7. The third-order valence-electron chi connectivity index (χ3n) is 1.42. The minimum Gasteiger partial charge on any atom is -1.00 e. The molecule has 0 bridgehead atoms. The van der Waals surface area contributed by atoms with Crippen LogP contribution in [0.2, 0.25) is 0 Å². The molecule has 6 nitrogen and oxygen atoms in total. The van der Waals surface area contributed by atoms with Crippen LogP contribution in [0.5, 0.6) is 0 Å². The van der Waals surface area contributed by atoms with E-state index in [1.54, 1.807) is 0 Å². The fraction of sp³-hybridized carbons (Fsp3) is 0.667. The van der Waals surface area contributed by atoms with Crippen molar-refractivity contribution in [3.63, 3.8) is 0 Å². The maximum absolute atomic E-state index is 10.4. The summed E-state index contributed by atoms with van der Waals surface area (Å²) in [6.45, 7) is 6.13. The molecule has 0 spiro atoms. The average molecular weight is 287 g/mol. The smallest absolute Gasteiger partial charge is 1.00 e. The molecule has 0 aromatic heterocycles. The quantitative estimate of drug-likeness (QED) is 0.443. The van der Waals surface area contributed by atoms with Crippen molar-refractivity contribution in [1.82, 2.24) is 0 Å². The predicted octanol–water partition coefficient (Wildman–Crippen LogP) is 1.60. The van der Waals surface area contributed by atoms with Crippen LogP contribution in [0.25, 0.3) is 0 Å². The van der Waals surface area contributed by atoms with Gasteiger partial charge in [0, 0.05) is 26.7 Å². The van der Waals surface area contributed by atoms with Crippen molar-refractivity contribution >= 4 is 46.9 Å². The van der Waals surface area contributed by atoms with Crippen molar-refractivity contribution in [2.24, 2.45) is 0 Å². The molecule has 0 saturated heterocycles. The van der Waals surface area contributed by atoms with Crippen molar-refractivity contribution in [1.29, 1.82) is 0 Å². The Bertz CT molecular complexity index is 280. The first kappa shape index (κ1) is 23.2. The first-order valence-electron chi connectivity index (χ1n) is 5.75. The Morgan fingerprint density at radius 2 is 1.05 bits per heavy atom. The molecule has 0 atom stereocenters. The summed E-state index contributed by atoms with van der Waals surface area (Å²) in [7, 11) is 0. The van der Waals surface area contributed by atoms with Crippen LogP contribution in [-0.4, -0.2) is 46.9 Å². The van der Waals surface area contributed by atoms with Gasteiger partial charge < -0.3 is 12.3 Å². The van der Waals surface area contributed by atoms with Gasteiger partial charge in [0.2, 0.25) is 0 Å². The number of carbonyl (C=O) groups is 4. The molecule has 0 unspecified atom stereocenters. The fourth-order valence-electron chi connectivity index (χ4n) is 0.831. The Kier molecular flexibility index (Phi) is 18.4. The van der Waals surface area contributed by atoms with E-state index in [1.165, 1.54) is 13.8 Å². The SMILES string of the molecule is CCCC(=O)OC(C)=O.CCCC(=O)OC(C)=O.[H-].[H-].[Mg+2]. The summed E-state index contributed by atoms with van der Waals surface area (Å²) in [6.07, 6.45) is 2.07. The van der Waals surface area contributed by atoms with E-state index < -0.39 is 23.9 Å². The first-order chi connectivity index (χ1) is 8.33. The largest absolute Gasteiger partial charge is 2.00 e. The van der Waals surface area contributed by atoms with Gasteiger partial charge in [-0.15, -0.1) is 0 Å². The van der Waals surface area contributed by atoms with Crippen molar-refractivity contribution < 1.29 is 31.5 Å². The molecular weight excluding hydrogens is 264 g/mol. The van der Waals surface area contributed by atoms with Crippen LogP contribution in [0.3, 0.4) is 0 Å². The second-order valence-corrected chi connectivity index (χ2v) is 3.43. The minimum absolute atomic E-state index is 0. The van der Waals surface area contributed by atoms with Crippen molar-refractivity contribution in [3.8, 4) is 0 Å². The predicted molar refractivity (Wildman–Crippen MR) is 71.3 cm³/mol. The molecule has 108 valence electrons. The number of carbonyl (C=O) groups excluding carboxylic acids is 4. The van der Waals surface area contributed by atoms with Gasteiger partial charge in [-0.3, -0.25) is 19.2 Å². The molecule has 0 rings (SSSR count). The van der Waals surface area contributed by atoms with E-state index in [0.29, 0.717) is 25.7 Å². The summed E-state index contributed by atoms with van der Waals surface area (Å²) in [5, 5.41) is 0. The summed E-state index contributed by atoms with van der Waals surface area (Å²) < 4.78 is 8.43. The van der Waals surface area contributed by atoms with Crippen LogP contribution in [0, 0.1) is 0 Å². The average Bonchev–Trinajstić information content (AvgIpc) is 2.16. The molecule has 0 radical (unpaired) electrons. The molecule has 0 aliphatic carbocycles. The number of hydrogen-bond donors (Lipinski definition) is 0. The van der Waals surface area contributed by atoms with E-state index in [0.717, 1.165) is 0 Å². The number of rotatable bonds is 4. The molecule has 19 heavy (non-hydrogen) atoms. The molecular formula is C12H22MgO6. The Balaban J connectivity index is -0.0000000711. The van der Waals surface area contributed by atoms with Crippen LogP contribution < -0.4 is 0 Å². The zero-order valence-corrected chi connectivity index (χ0v) is 13.4. The van der Waals surface area contributed by atoms with E-state index >= 15 is 0 Å². The van der Waals surface area contributed by atoms with Crippen LogP contribution in [0.1, 0.15) is 56.2 Å². The Morgan fingerprint density at radius 3 is 1.21 bits per heavy atom. The Morgan fingerprint density at radius 1 is 0.789 bits per heavy atom. The van der Waals surface area contributed by atoms with E-state index in [9.17, 15) is 19.2 Å². The van der Waals surface area contributed by atoms with Gasteiger partial charge >= 0.3 is 46.9 Å². The summed E-state index contributed by atoms with van der Waals surface area (Å²) in [5.41, 5.74) is 0. The van der Waals surface area contributed by atoms with Gasteiger partial charge in [-0.1, -0.05) is 13.8 Å². The topological polar surface area (TPSA) is 86.7 Å². The van der Waals surface area contributed by atoms with Gasteiger partial charge in [0.15, 0.2) is 0 Å². The normalized spacial score (nSPS) is 8.21. The van der Waals surface area contributed by atoms with E-state index in [2.05, 4.69) is 9.47 Å². The van der Waals surface area contributed by atoms with Crippen molar-refractivity contribution in [2.75, 3.05) is 0 Å².